The number of nitrogens with zero attached hydrogens (tertiary/aromatic N) is 2. The standard InChI is InChI=1S/C16H29N3O2/c1-4-20-16(10-5-6-11-16)15-18-14(21-19-15)12(2)8-7-9-13(3)17/h12-13H,4-11,17H2,1-3H3. The van der Waals surface area contributed by atoms with Crippen molar-refractivity contribution in [2.45, 2.75) is 83.3 Å². The Bertz CT molecular complexity index is 425. The number of nitrogens with two attached hydrogens (primary N) is 1. The molecule has 0 aliphatic heterocycles. The molecule has 5 heteroatoms. The molecule has 2 N–H and O–H groups in total. The predicted octanol–water partition coefficient (Wildman–Crippen LogP) is 3.50. The van der Waals surface area contributed by atoms with E-state index in [1.165, 1.54) is 12.8 Å². The highest BCUT2D eigenvalue weighted by molar-refractivity contribution is 5.06. The van der Waals surface area contributed by atoms with E-state index in [0.717, 1.165) is 43.8 Å². The number of rotatable bonds is 8. The lowest BCUT2D eigenvalue weighted by Crippen LogP contribution is -2.27. The fourth-order valence-corrected chi connectivity index (χ4v) is 3.14. The van der Waals surface area contributed by atoms with Gasteiger partial charge in [-0.1, -0.05) is 18.5 Å². The zero-order chi connectivity index (χ0) is 15.3. The number of aromatic nitrogens is 2. The highest BCUT2D eigenvalue weighted by Crippen LogP contribution is 2.41. The van der Waals surface area contributed by atoms with E-state index in [2.05, 4.69) is 17.1 Å². The van der Waals surface area contributed by atoms with E-state index >= 15 is 0 Å². The van der Waals surface area contributed by atoms with Crippen LogP contribution in [0, 0.1) is 0 Å². The van der Waals surface area contributed by atoms with E-state index in [0.29, 0.717) is 6.61 Å². The first-order valence-corrected chi connectivity index (χ1v) is 8.31. The second kappa shape index (κ2) is 7.36. The minimum Gasteiger partial charge on any atom is -0.367 e. The third-order valence-corrected chi connectivity index (χ3v) is 4.40. The Morgan fingerprint density at radius 1 is 1.29 bits per heavy atom. The average molecular weight is 295 g/mol. The van der Waals surface area contributed by atoms with Crippen molar-refractivity contribution in [3.63, 3.8) is 0 Å². The van der Waals surface area contributed by atoms with Gasteiger partial charge in [-0.2, -0.15) is 4.98 Å². The monoisotopic (exact) mass is 295 g/mol. The molecule has 1 aromatic heterocycles. The lowest BCUT2D eigenvalue weighted by Gasteiger charge is -2.24. The van der Waals surface area contributed by atoms with Crippen LogP contribution in [0.4, 0.5) is 0 Å². The number of hydrogen-bond donors (Lipinski definition) is 1. The Balaban J connectivity index is 1.99. The van der Waals surface area contributed by atoms with E-state index in [-0.39, 0.29) is 17.6 Å². The second-order valence-electron chi connectivity index (χ2n) is 6.40. The number of hydrogen-bond acceptors (Lipinski definition) is 5. The van der Waals surface area contributed by atoms with Crippen LogP contribution in [0.15, 0.2) is 4.52 Å². The van der Waals surface area contributed by atoms with Gasteiger partial charge < -0.3 is 15.0 Å². The maximum atomic E-state index is 5.98. The summed E-state index contributed by atoms with van der Waals surface area (Å²) in [5.74, 6) is 1.77. The topological polar surface area (TPSA) is 74.2 Å². The summed E-state index contributed by atoms with van der Waals surface area (Å²) in [5.41, 5.74) is 5.48. The van der Waals surface area contributed by atoms with Gasteiger partial charge in [-0.05, 0) is 52.4 Å². The summed E-state index contributed by atoms with van der Waals surface area (Å²) in [5, 5.41) is 4.22. The summed E-state index contributed by atoms with van der Waals surface area (Å²) >= 11 is 0. The molecule has 1 fully saturated rings. The van der Waals surface area contributed by atoms with Crippen molar-refractivity contribution in [3.8, 4) is 0 Å². The van der Waals surface area contributed by atoms with Crippen LogP contribution in [0.1, 0.15) is 83.3 Å². The van der Waals surface area contributed by atoms with Gasteiger partial charge in [0.05, 0.1) is 0 Å². The van der Waals surface area contributed by atoms with Gasteiger partial charge in [-0.15, -0.1) is 0 Å². The van der Waals surface area contributed by atoms with Crippen LogP contribution < -0.4 is 5.73 Å². The van der Waals surface area contributed by atoms with Crippen molar-refractivity contribution in [1.29, 1.82) is 0 Å². The molecule has 2 unspecified atom stereocenters. The molecule has 120 valence electrons. The average Bonchev–Trinajstić information content (AvgIpc) is 3.07. The maximum absolute atomic E-state index is 5.98. The lowest BCUT2D eigenvalue weighted by molar-refractivity contribution is -0.0469. The molecule has 21 heavy (non-hydrogen) atoms. The summed E-state index contributed by atoms with van der Waals surface area (Å²) in [4.78, 5) is 4.65. The molecule has 1 heterocycles. The van der Waals surface area contributed by atoms with E-state index in [1.807, 2.05) is 13.8 Å². The molecular weight excluding hydrogens is 266 g/mol. The molecule has 5 nitrogen and oxygen atoms in total. The van der Waals surface area contributed by atoms with E-state index in [1.54, 1.807) is 0 Å². The Labute approximate surface area is 127 Å². The fourth-order valence-electron chi connectivity index (χ4n) is 3.14. The Kier molecular flexibility index (Phi) is 5.76. The largest absolute Gasteiger partial charge is 0.367 e. The van der Waals surface area contributed by atoms with E-state index < -0.39 is 0 Å². The molecule has 1 aromatic rings. The summed E-state index contributed by atoms with van der Waals surface area (Å²) in [6.07, 6.45) is 7.51. The molecule has 0 amide bonds. The lowest BCUT2D eigenvalue weighted by atomic mass is 10.0. The first-order chi connectivity index (χ1) is 10.1. The molecule has 0 aromatic carbocycles. The van der Waals surface area contributed by atoms with E-state index in [9.17, 15) is 0 Å². The van der Waals surface area contributed by atoms with Crippen LogP contribution in [-0.2, 0) is 10.3 Å². The minimum atomic E-state index is -0.304. The molecule has 0 saturated heterocycles. The summed E-state index contributed by atoms with van der Waals surface area (Å²) in [7, 11) is 0. The Morgan fingerprint density at radius 3 is 2.62 bits per heavy atom. The third kappa shape index (κ3) is 4.04. The molecule has 0 bridgehead atoms. The first-order valence-electron chi connectivity index (χ1n) is 8.31. The van der Waals surface area contributed by atoms with Crippen LogP contribution in [0.25, 0.3) is 0 Å². The molecule has 0 spiro atoms. The smallest absolute Gasteiger partial charge is 0.229 e. The molecule has 2 atom stereocenters. The van der Waals surface area contributed by atoms with Gasteiger partial charge in [-0.3, -0.25) is 0 Å². The van der Waals surface area contributed by atoms with Gasteiger partial charge in [0.25, 0.3) is 0 Å². The van der Waals surface area contributed by atoms with Crippen molar-refractivity contribution in [3.05, 3.63) is 11.7 Å². The first kappa shape index (κ1) is 16.4. The van der Waals surface area contributed by atoms with Gasteiger partial charge >= 0.3 is 0 Å². The highest BCUT2D eigenvalue weighted by Gasteiger charge is 2.41. The van der Waals surface area contributed by atoms with Gasteiger partial charge in [0.15, 0.2) is 0 Å². The maximum Gasteiger partial charge on any atom is 0.229 e. The van der Waals surface area contributed by atoms with Gasteiger partial charge in [0.2, 0.25) is 11.7 Å². The van der Waals surface area contributed by atoms with Crippen molar-refractivity contribution >= 4 is 0 Å². The molecule has 1 saturated carbocycles. The van der Waals surface area contributed by atoms with Crippen LogP contribution in [0.3, 0.4) is 0 Å². The normalized spacial score (nSPS) is 20.6. The quantitative estimate of drug-likeness (QED) is 0.794. The highest BCUT2D eigenvalue weighted by atomic mass is 16.5. The SMILES string of the molecule is CCOC1(c2noc(C(C)CCCC(C)N)n2)CCCC1. The van der Waals surface area contributed by atoms with Crippen LogP contribution in [0.5, 0.6) is 0 Å². The zero-order valence-corrected chi connectivity index (χ0v) is 13.6. The minimum absolute atomic E-state index is 0.259. The van der Waals surface area contributed by atoms with Gasteiger partial charge in [-0.25, -0.2) is 0 Å². The summed E-state index contributed by atoms with van der Waals surface area (Å²) in [6, 6.07) is 0.259. The zero-order valence-electron chi connectivity index (χ0n) is 13.6. The summed E-state index contributed by atoms with van der Waals surface area (Å²) < 4.78 is 11.5. The second-order valence-corrected chi connectivity index (χ2v) is 6.40. The number of ether oxygens (including phenoxy) is 1. The summed E-state index contributed by atoms with van der Waals surface area (Å²) in [6.45, 7) is 6.90. The van der Waals surface area contributed by atoms with Gasteiger partial charge in [0, 0.05) is 18.6 Å². The Morgan fingerprint density at radius 2 is 2.00 bits per heavy atom. The van der Waals surface area contributed by atoms with Crippen LogP contribution >= 0.6 is 0 Å². The van der Waals surface area contributed by atoms with Gasteiger partial charge in [0.1, 0.15) is 5.60 Å². The molecule has 0 radical (unpaired) electrons. The molecule has 1 aliphatic rings. The van der Waals surface area contributed by atoms with Crippen molar-refractivity contribution < 1.29 is 9.26 Å². The van der Waals surface area contributed by atoms with E-state index in [4.69, 9.17) is 15.0 Å². The van der Waals surface area contributed by atoms with Crippen molar-refractivity contribution in [2.75, 3.05) is 6.61 Å². The predicted molar refractivity (Wildman–Crippen MR) is 82.0 cm³/mol. The van der Waals surface area contributed by atoms with Crippen molar-refractivity contribution in [1.82, 2.24) is 10.1 Å². The molecule has 2 rings (SSSR count). The van der Waals surface area contributed by atoms with Crippen molar-refractivity contribution in [2.24, 2.45) is 5.73 Å². The molecular formula is C16H29N3O2. The van der Waals surface area contributed by atoms with Crippen LogP contribution in [-0.4, -0.2) is 22.8 Å². The fraction of sp³-hybridized carbons (Fsp3) is 0.875. The van der Waals surface area contributed by atoms with Crippen LogP contribution in [0.2, 0.25) is 0 Å². The Hall–Kier alpha value is -0.940. The molecule has 1 aliphatic carbocycles. The third-order valence-electron chi connectivity index (χ3n) is 4.40.